The summed E-state index contributed by atoms with van der Waals surface area (Å²) >= 11 is 0. The first kappa shape index (κ1) is 20.2. The number of methoxy groups -OCH3 is 1. The number of hydrogen-bond donors (Lipinski definition) is 1. The highest BCUT2D eigenvalue weighted by Crippen LogP contribution is 2.39. The first-order valence-corrected chi connectivity index (χ1v) is 9.81. The standard InChI is InChI=1S/C21H27FN4O2/c1-4-18(26-20(27)16-11-24-13(2)25-12-16)15-7-5-14(6-8-15)17-9-10-23-21(28-3)19(17)22/h9-12,14-15,18H,4-8H2,1-3H3,(H,26,27). The summed E-state index contributed by atoms with van der Waals surface area (Å²) in [6.45, 7) is 3.87. The Labute approximate surface area is 165 Å². The predicted molar refractivity (Wildman–Crippen MR) is 104 cm³/mol. The number of nitrogens with zero attached hydrogens (tertiary/aromatic N) is 3. The van der Waals surface area contributed by atoms with Crippen molar-refractivity contribution in [1.82, 2.24) is 20.3 Å². The number of carbonyl (C=O) groups excluding carboxylic acids is 1. The van der Waals surface area contributed by atoms with Crippen molar-refractivity contribution >= 4 is 5.91 Å². The highest BCUT2D eigenvalue weighted by Gasteiger charge is 2.30. The van der Waals surface area contributed by atoms with Gasteiger partial charge < -0.3 is 10.1 Å². The van der Waals surface area contributed by atoms with Crippen LogP contribution in [0.15, 0.2) is 24.7 Å². The number of aromatic nitrogens is 3. The predicted octanol–water partition coefficient (Wildman–Crippen LogP) is 3.81. The lowest BCUT2D eigenvalue weighted by Crippen LogP contribution is -2.41. The molecule has 1 amide bonds. The summed E-state index contributed by atoms with van der Waals surface area (Å²) in [6.07, 6.45) is 9.22. The van der Waals surface area contributed by atoms with Crippen molar-refractivity contribution in [2.24, 2.45) is 5.92 Å². The molecule has 2 aromatic heterocycles. The maximum absolute atomic E-state index is 14.5. The van der Waals surface area contributed by atoms with Crippen LogP contribution in [0.1, 0.15) is 66.7 Å². The number of pyridine rings is 1. The van der Waals surface area contributed by atoms with Crippen molar-refractivity contribution in [3.05, 3.63) is 47.4 Å². The first-order valence-electron chi connectivity index (χ1n) is 9.81. The normalized spacial score (nSPS) is 20.4. The fourth-order valence-electron chi connectivity index (χ4n) is 4.04. The number of carbonyl (C=O) groups is 1. The van der Waals surface area contributed by atoms with Crippen LogP contribution in [-0.4, -0.2) is 34.0 Å². The van der Waals surface area contributed by atoms with Crippen molar-refractivity contribution in [3.8, 4) is 5.88 Å². The minimum absolute atomic E-state index is 0.0543. The number of amides is 1. The van der Waals surface area contributed by atoms with Crippen molar-refractivity contribution in [2.75, 3.05) is 7.11 Å². The number of halogens is 1. The molecule has 6 nitrogen and oxygen atoms in total. The van der Waals surface area contributed by atoms with Gasteiger partial charge in [-0.2, -0.15) is 0 Å². The van der Waals surface area contributed by atoms with E-state index in [1.54, 1.807) is 31.6 Å². The molecule has 2 heterocycles. The second-order valence-electron chi connectivity index (χ2n) is 7.34. The van der Waals surface area contributed by atoms with E-state index in [1.807, 2.05) is 0 Å². The smallest absolute Gasteiger partial charge is 0.254 e. The molecule has 0 aliphatic heterocycles. The zero-order chi connectivity index (χ0) is 20.1. The number of rotatable bonds is 6. The van der Waals surface area contributed by atoms with E-state index in [9.17, 15) is 9.18 Å². The van der Waals surface area contributed by atoms with Gasteiger partial charge in [-0.3, -0.25) is 4.79 Å². The van der Waals surface area contributed by atoms with Gasteiger partial charge in [0.15, 0.2) is 5.82 Å². The summed E-state index contributed by atoms with van der Waals surface area (Å²) in [4.78, 5) is 24.6. The molecule has 150 valence electrons. The summed E-state index contributed by atoms with van der Waals surface area (Å²) < 4.78 is 19.5. The third-order valence-corrected chi connectivity index (χ3v) is 5.66. The molecule has 0 radical (unpaired) electrons. The van der Waals surface area contributed by atoms with Gasteiger partial charge in [0, 0.05) is 24.6 Å². The number of aryl methyl sites for hydroxylation is 1. The summed E-state index contributed by atoms with van der Waals surface area (Å²) in [5.41, 5.74) is 1.16. The second-order valence-corrected chi connectivity index (χ2v) is 7.34. The third kappa shape index (κ3) is 4.46. The largest absolute Gasteiger partial charge is 0.479 e. The van der Waals surface area contributed by atoms with E-state index in [4.69, 9.17) is 4.74 Å². The Morgan fingerprint density at radius 3 is 2.54 bits per heavy atom. The van der Waals surface area contributed by atoms with Gasteiger partial charge in [-0.15, -0.1) is 0 Å². The average molecular weight is 386 g/mol. The molecular formula is C21H27FN4O2. The van der Waals surface area contributed by atoms with Crippen LogP contribution in [0.4, 0.5) is 4.39 Å². The second kappa shape index (κ2) is 9.08. The van der Waals surface area contributed by atoms with Crippen LogP contribution in [0.5, 0.6) is 5.88 Å². The lowest BCUT2D eigenvalue weighted by Gasteiger charge is -2.34. The van der Waals surface area contributed by atoms with Gasteiger partial charge in [0.05, 0.1) is 12.7 Å². The van der Waals surface area contributed by atoms with E-state index in [0.717, 1.165) is 32.1 Å². The van der Waals surface area contributed by atoms with Crippen molar-refractivity contribution in [2.45, 2.75) is 57.9 Å². The van der Waals surface area contributed by atoms with Gasteiger partial charge in [-0.05, 0) is 62.5 Å². The molecule has 0 spiro atoms. The van der Waals surface area contributed by atoms with Crippen LogP contribution in [0.3, 0.4) is 0 Å². The summed E-state index contributed by atoms with van der Waals surface area (Å²) in [5.74, 6) is 0.739. The van der Waals surface area contributed by atoms with Crippen LogP contribution in [-0.2, 0) is 0 Å². The molecule has 0 aromatic carbocycles. The van der Waals surface area contributed by atoms with Crippen LogP contribution in [0, 0.1) is 18.7 Å². The Morgan fingerprint density at radius 1 is 1.25 bits per heavy atom. The van der Waals surface area contributed by atoms with Gasteiger partial charge in [0.1, 0.15) is 5.82 Å². The van der Waals surface area contributed by atoms with Gasteiger partial charge in [-0.1, -0.05) is 6.92 Å². The molecule has 28 heavy (non-hydrogen) atoms. The maximum Gasteiger partial charge on any atom is 0.254 e. The SMILES string of the molecule is CCC(NC(=O)c1cnc(C)nc1)C1CCC(c2ccnc(OC)c2F)CC1. The first-order chi connectivity index (χ1) is 13.5. The fraction of sp³-hybridized carbons (Fsp3) is 0.524. The number of ether oxygens (including phenoxy) is 1. The molecule has 1 unspecified atom stereocenters. The quantitative estimate of drug-likeness (QED) is 0.817. The fourth-order valence-corrected chi connectivity index (χ4v) is 4.04. The van der Waals surface area contributed by atoms with Crippen LogP contribution in [0.2, 0.25) is 0 Å². The van der Waals surface area contributed by atoms with E-state index in [0.29, 0.717) is 22.9 Å². The molecule has 3 rings (SSSR count). The lowest BCUT2D eigenvalue weighted by molar-refractivity contribution is 0.0908. The Morgan fingerprint density at radius 2 is 1.93 bits per heavy atom. The van der Waals surface area contributed by atoms with Gasteiger partial charge in [-0.25, -0.2) is 19.3 Å². The maximum atomic E-state index is 14.5. The summed E-state index contributed by atoms with van der Waals surface area (Å²) in [7, 11) is 1.43. The van der Waals surface area contributed by atoms with Crippen LogP contribution >= 0.6 is 0 Å². The topological polar surface area (TPSA) is 77.0 Å². The lowest BCUT2D eigenvalue weighted by atomic mass is 9.75. The zero-order valence-electron chi connectivity index (χ0n) is 16.6. The molecule has 7 heteroatoms. The van der Waals surface area contributed by atoms with Crippen molar-refractivity contribution in [3.63, 3.8) is 0 Å². The molecule has 1 aliphatic carbocycles. The monoisotopic (exact) mass is 386 g/mol. The molecule has 1 atom stereocenters. The van der Waals surface area contributed by atoms with Crippen LogP contribution < -0.4 is 10.1 Å². The summed E-state index contributed by atoms with van der Waals surface area (Å²) in [5, 5.41) is 3.13. The summed E-state index contributed by atoms with van der Waals surface area (Å²) in [6, 6.07) is 1.84. The molecule has 1 fully saturated rings. The minimum atomic E-state index is -0.354. The van der Waals surface area contributed by atoms with Crippen molar-refractivity contribution < 1.29 is 13.9 Å². The molecule has 1 aliphatic rings. The van der Waals surface area contributed by atoms with Crippen molar-refractivity contribution in [1.29, 1.82) is 0 Å². The Kier molecular flexibility index (Phi) is 6.54. The number of nitrogens with one attached hydrogen (secondary N) is 1. The minimum Gasteiger partial charge on any atom is -0.479 e. The van der Waals surface area contributed by atoms with Crippen LogP contribution in [0.25, 0.3) is 0 Å². The van der Waals surface area contributed by atoms with E-state index in [2.05, 4.69) is 27.2 Å². The highest BCUT2D eigenvalue weighted by atomic mass is 19.1. The molecular weight excluding hydrogens is 359 g/mol. The van der Waals surface area contributed by atoms with Gasteiger partial charge in [0.2, 0.25) is 5.88 Å². The van der Waals surface area contributed by atoms with Gasteiger partial charge >= 0.3 is 0 Å². The average Bonchev–Trinajstić information content (AvgIpc) is 2.73. The number of hydrogen-bond acceptors (Lipinski definition) is 5. The molecule has 0 saturated heterocycles. The molecule has 1 saturated carbocycles. The van der Waals surface area contributed by atoms with Gasteiger partial charge in [0.25, 0.3) is 5.91 Å². The van der Waals surface area contributed by atoms with E-state index in [-0.39, 0.29) is 29.6 Å². The molecule has 1 N–H and O–H groups in total. The van der Waals surface area contributed by atoms with E-state index >= 15 is 0 Å². The Hall–Kier alpha value is -2.57. The Bertz CT molecular complexity index is 805. The highest BCUT2D eigenvalue weighted by molar-refractivity contribution is 5.93. The third-order valence-electron chi connectivity index (χ3n) is 5.66. The Balaban J connectivity index is 1.61. The molecule has 2 aromatic rings. The molecule has 0 bridgehead atoms. The zero-order valence-corrected chi connectivity index (χ0v) is 16.6. The van der Waals surface area contributed by atoms with E-state index < -0.39 is 0 Å². The van der Waals surface area contributed by atoms with E-state index in [1.165, 1.54) is 7.11 Å².